The Morgan fingerprint density at radius 1 is 1.35 bits per heavy atom. The summed E-state index contributed by atoms with van der Waals surface area (Å²) in [6.45, 7) is 2.63. The first-order chi connectivity index (χ1) is 11.1. The van der Waals surface area contributed by atoms with Crippen LogP contribution in [-0.2, 0) is 25.6 Å². The molecule has 0 bridgehead atoms. The van der Waals surface area contributed by atoms with Crippen molar-refractivity contribution < 1.29 is 28.5 Å². The first kappa shape index (κ1) is 15.6. The van der Waals surface area contributed by atoms with Gasteiger partial charge in [0.05, 0.1) is 0 Å². The van der Waals surface area contributed by atoms with Crippen molar-refractivity contribution in [1.82, 2.24) is 5.32 Å². The molecule has 23 heavy (non-hydrogen) atoms. The summed E-state index contributed by atoms with van der Waals surface area (Å²) in [6, 6.07) is 5.45. The van der Waals surface area contributed by atoms with Gasteiger partial charge < -0.3 is 24.3 Å². The standard InChI is InChI=1S/C16H19NO6/c1-10(23-16(19)13-3-2-6-20-13)15(18)17-8-11-4-5-12-14(7-11)22-9-21-12/h4-5,7,10,13H,2-3,6,8-9H2,1H3,(H,17,18)/t10-,13+/m0/s1. The summed E-state index contributed by atoms with van der Waals surface area (Å²) in [5.41, 5.74) is 0.875. The lowest BCUT2D eigenvalue weighted by atomic mass is 10.2. The van der Waals surface area contributed by atoms with Crippen LogP contribution in [0.15, 0.2) is 18.2 Å². The summed E-state index contributed by atoms with van der Waals surface area (Å²) in [6.07, 6.45) is 0.0780. The largest absolute Gasteiger partial charge is 0.454 e. The van der Waals surface area contributed by atoms with Gasteiger partial charge in [-0.05, 0) is 37.5 Å². The minimum absolute atomic E-state index is 0.210. The maximum atomic E-state index is 12.0. The van der Waals surface area contributed by atoms with E-state index in [1.807, 2.05) is 12.1 Å². The molecule has 2 aliphatic heterocycles. The van der Waals surface area contributed by atoms with Gasteiger partial charge in [-0.3, -0.25) is 4.79 Å². The zero-order valence-corrected chi connectivity index (χ0v) is 12.9. The number of carbonyl (C=O) groups is 2. The Kier molecular flexibility index (Phi) is 4.66. The fraction of sp³-hybridized carbons (Fsp3) is 0.500. The summed E-state index contributed by atoms with van der Waals surface area (Å²) < 4.78 is 20.9. The number of benzene rings is 1. The monoisotopic (exact) mass is 321 g/mol. The van der Waals surface area contributed by atoms with Crippen molar-refractivity contribution >= 4 is 11.9 Å². The second kappa shape index (κ2) is 6.87. The van der Waals surface area contributed by atoms with Gasteiger partial charge in [-0.25, -0.2) is 4.79 Å². The molecule has 124 valence electrons. The highest BCUT2D eigenvalue weighted by molar-refractivity contribution is 5.84. The third-order valence-electron chi connectivity index (χ3n) is 3.76. The van der Waals surface area contributed by atoms with Crippen LogP contribution >= 0.6 is 0 Å². The number of nitrogens with one attached hydrogen (secondary N) is 1. The first-order valence-corrected chi connectivity index (χ1v) is 7.62. The second-order valence-electron chi connectivity index (χ2n) is 5.49. The molecule has 3 rings (SSSR count). The average Bonchev–Trinajstić information content (AvgIpc) is 3.22. The number of fused-ring (bicyclic) bond motifs is 1. The van der Waals surface area contributed by atoms with E-state index in [0.29, 0.717) is 31.1 Å². The summed E-state index contributed by atoms with van der Waals surface area (Å²) in [7, 11) is 0. The quantitative estimate of drug-likeness (QED) is 0.819. The normalized spacial score (nSPS) is 20.1. The number of amides is 1. The molecule has 1 fully saturated rings. The molecule has 1 aromatic carbocycles. The highest BCUT2D eigenvalue weighted by Gasteiger charge is 2.28. The zero-order chi connectivity index (χ0) is 16.2. The highest BCUT2D eigenvalue weighted by Crippen LogP contribution is 2.32. The fourth-order valence-corrected chi connectivity index (χ4v) is 2.45. The van der Waals surface area contributed by atoms with Crippen LogP contribution in [0.25, 0.3) is 0 Å². The van der Waals surface area contributed by atoms with E-state index in [1.54, 1.807) is 13.0 Å². The van der Waals surface area contributed by atoms with Crippen molar-refractivity contribution in [2.75, 3.05) is 13.4 Å². The summed E-state index contributed by atoms with van der Waals surface area (Å²) in [5.74, 6) is 0.524. The van der Waals surface area contributed by atoms with Gasteiger partial charge in [0.15, 0.2) is 23.7 Å². The Bertz CT molecular complexity index is 596. The fourth-order valence-electron chi connectivity index (χ4n) is 2.45. The summed E-state index contributed by atoms with van der Waals surface area (Å²) >= 11 is 0. The van der Waals surface area contributed by atoms with Crippen LogP contribution in [-0.4, -0.2) is 37.5 Å². The third-order valence-corrected chi connectivity index (χ3v) is 3.76. The van der Waals surface area contributed by atoms with Gasteiger partial charge in [0.2, 0.25) is 6.79 Å². The van der Waals surface area contributed by atoms with Crippen LogP contribution in [0.4, 0.5) is 0 Å². The van der Waals surface area contributed by atoms with E-state index < -0.39 is 18.2 Å². The number of hydrogen-bond donors (Lipinski definition) is 1. The second-order valence-corrected chi connectivity index (χ2v) is 5.49. The lowest BCUT2D eigenvalue weighted by molar-refractivity contribution is -0.163. The van der Waals surface area contributed by atoms with Gasteiger partial charge in [0, 0.05) is 13.2 Å². The Morgan fingerprint density at radius 2 is 2.17 bits per heavy atom. The molecule has 0 unspecified atom stereocenters. The van der Waals surface area contributed by atoms with Gasteiger partial charge in [-0.15, -0.1) is 0 Å². The molecule has 7 heteroatoms. The summed E-state index contributed by atoms with van der Waals surface area (Å²) in [4.78, 5) is 23.8. The smallest absolute Gasteiger partial charge is 0.336 e. The molecule has 2 aliphatic rings. The maximum absolute atomic E-state index is 12.0. The molecule has 7 nitrogen and oxygen atoms in total. The van der Waals surface area contributed by atoms with E-state index in [0.717, 1.165) is 12.0 Å². The topological polar surface area (TPSA) is 83.1 Å². The van der Waals surface area contributed by atoms with E-state index in [1.165, 1.54) is 0 Å². The minimum Gasteiger partial charge on any atom is -0.454 e. The Balaban J connectivity index is 1.47. The predicted molar refractivity (Wildman–Crippen MR) is 78.9 cm³/mol. The Labute approximate surface area is 133 Å². The van der Waals surface area contributed by atoms with Gasteiger partial charge in [-0.1, -0.05) is 6.07 Å². The Morgan fingerprint density at radius 3 is 2.96 bits per heavy atom. The van der Waals surface area contributed by atoms with Crippen LogP contribution < -0.4 is 14.8 Å². The molecule has 0 aromatic heterocycles. The molecule has 1 N–H and O–H groups in total. The van der Waals surface area contributed by atoms with Crippen molar-refractivity contribution in [1.29, 1.82) is 0 Å². The van der Waals surface area contributed by atoms with E-state index in [4.69, 9.17) is 18.9 Å². The number of ether oxygens (including phenoxy) is 4. The van der Waals surface area contributed by atoms with Gasteiger partial charge in [-0.2, -0.15) is 0 Å². The predicted octanol–water partition coefficient (Wildman–Crippen LogP) is 1.14. The van der Waals surface area contributed by atoms with Gasteiger partial charge >= 0.3 is 5.97 Å². The molecule has 2 atom stereocenters. The number of rotatable bonds is 5. The lowest BCUT2D eigenvalue weighted by Gasteiger charge is -2.16. The molecule has 1 aromatic rings. The van der Waals surface area contributed by atoms with Gasteiger partial charge in [0.25, 0.3) is 5.91 Å². The van der Waals surface area contributed by atoms with Crippen molar-refractivity contribution in [2.24, 2.45) is 0 Å². The van der Waals surface area contributed by atoms with E-state index >= 15 is 0 Å². The van der Waals surface area contributed by atoms with Crippen molar-refractivity contribution in [3.63, 3.8) is 0 Å². The minimum atomic E-state index is -0.860. The van der Waals surface area contributed by atoms with Gasteiger partial charge in [0.1, 0.15) is 0 Å². The average molecular weight is 321 g/mol. The number of carbonyl (C=O) groups excluding carboxylic acids is 2. The third kappa shape index (κ3) is 3.73. The summed E-state index contributed by atoms with van der Waals surface area (Å²) in [5, 5.41) is 2.73. The molecular weight excluding hydrogens is 302 g/mol. The van der Waals surface area contributed by atoms with E-state index in [9.17, 15) is 9.59 Å². The molecule has 0 saturated carbocycles. The SMILES string of the molecule is C[C@H](OC(=O)[C@H]1CCCO1)C(=O)NCc1ccc2c(c1)OCO2. The van der Waals surface area contributed by atoms with Crippen LogP contribution in [0.1, 0.15) is 25.3 Å². The Hall–Kier alpha value is -2.28. The molecule has 0 aliphatic carbocycles. The van der Waals surface area contributed by atoms with Crippen LogP contribution in [0, 0.1) is 0 Å². The van der Waals surface area contributed by atoms with Crippen LogP contribution in [0.5, 0.6) is 11.5 Å². The van der Waals surface area contributed by atoms with Crippen LogP contribution in [0.3, 0.4) is 0 Å². The van der Waals surface area contributed by atoms with Crippen molar-refractivity contribution in [3.8, 4) is 11.5 Å². The van der Waals surface area contributed by atoms with Crippen molar-refractivity contribution in [2.45, 2.75) is 38.5 Å². The molecule has 0 spiro atoms. The number of hydrogen-bond acceptors (Lipinski definition) is 6. The molecule has 2 heterocycles. The first-order valence-electron chi connectivity index (χ1n) is 7.62. The molecular formula is C16H19NO6. The highest BCUT2D eigenvalue weighted by atomic mass is 16.7. The lowest BCUT2D eigenvalue weighted by Crippen LogP contribution is -2.37. The molecule has 1 saturated heterocycles. The maximum Gasteiger partial charge on any atom is 0.336 e. The molecule has 0 radical (unpaired) electrons. The van der Waals surface area contributed by atoms with E-state index in [-0.39, 0.29) is 12.7 Å². The van der Waals surface area contributed by atoms with Crippen LogP contribution in [0.2, 0.25) is 0 Å². The van der Waals surface area contributed by atoms with E-state index in [2.05, 4.69) is 5.32 Å². The molecule has 1 amide bonds. The zero-order valence-electron chi connectivity index (χ0n) is 12.9. The van der Waals surface area contributed by atoms with Crippen molar-refractivity contribution in [3.05, 3.63) is 23.8 Å². The number of esters is 1.